The van der Waals surface area contributed by atoms with Crippen molar-refractivity contribution in [3.63, 3.8) is 0 Å². The van der Waals surface area contributed by atoms with E-state index in [9.17, 15) is 0 Å². The van der Waals surface area contributed by atoms with E-state index in [1.54, 1.807) is 0 Å². The molecule has 2 aliphatic carbocycles. The predicted octanol–water partition coefficient (Wildman–Crippen LogP) is 5.15. The van der Waals surface area contributed by atoms with Gasteiger partial charge >= 0.3 is 0 Å². The summed E-state index contributed by atoms with van der Waals surface area (Å²) < 4.78 is 0. The molecule has 1 N–H and O–H groups in total. The van der Waals surface area contributed by atoms with Gasteiger partial charge in [-0.3, -0.25) is 0 Å². The average Bonchev–Trinajstić information content (AvgIpc) is 2.75. The molecule has 2 rings (SSSR count). The molecule has 1 nitrogen and oxygen atoms in total. The standard InChI is InChI=1S/C18H35N/c1-14(15-8-5-6-9-15)19-17-11-7-10-16(12-13-17)18(2,3)4/h14-17,19H,5-13H2,1-4H3. The summed E-state index contributed by atoms with van der Waals surface area (Å²) in [6, 6.07) is 1.54. The van der Waals surface area contributed by atoms with Gasteiger partial charge in [-0.15, -0.1) is 0 Å². The van der Waals surface area contributed by atoms with Gasteiger partial charge in [0.25, 0.3) is 0 Å². The van der Waals surface area contributed by atoms with Crippen LogP contribution in [0.4, 0.5) is 0 Å². The average molecular weight is 265 g/mol. The van der Waals surface area contributed by atoms with Gasteiger partial charge in [-0.05, 0) is 62.7 Å². The lowest BCUT2D eigenvalue weighted by molar-refractivity contribution is 0.212. The summed E-state index contributed by atoms with van der Waals surface area (Å²) >= 11 is 0. The molecule has 0 aromatic rings. The van der Waals surface area contributed by atoms with E-state index in [4.69, 9.17) is 0 Å². The Balaban J connectivity index is 1.79. The zero-order chi connectivity index (χ0) is 13.9. The van der Waals surface area contributed by atoms with Crippen molar-refractivity contribution in [2.75, 3.05) is 0 Å². The van der Waals surface area contributed by atoms with Crippen molar-refractivity contribution in [2.45, 2.75) is 97.6 Å². The second-order valence-electron chi connectivity index (χ2n) is 8.27. The van der Waals surface area contributed by atoms with Crippen LogP contribution in [0, 0.1) is 17.3 Å². The van der Waals surface area contributed by atoms with Crippen LogP contribution in [0.5, 0.6) is 0 Å². The maximum atomic E-state index is 3.97. The number of hydrogen-bond acceptors (Lipinski definition) is 1. The van der Waals surface area contributed by atoms with Crippen molar-refractivity contribution >= 4 is 0 Å². The molecule has 0 aliphatic heterocycles. The lowest BCUT2D eigenvalue weighted by atomic mass is 9.76. The highest BCUT2D eigenvalue weighted by molar-refractivity contribution is 4.85. The van der Waals surface area contributed by atoms with E-state index in [1.807, 2.05) is 0 Å². The van der Waals surface area contributed by atoms with E-state index in [0.29, 0.717) is 5.41 Å². The molecule has 3 atom stereocenters. The zero-order valence-electron chi connectivity index (χ0n) is 13.7. The van der Waals surface area contributed by atoms with Gasteiger partial charge in [-0.25, -0.2) is 0 Å². The number of rotatable bonds is 3. The summed E-state index contributed by atoms with van der Waals surface area (Å²) in [5, 5.41) is 3.97. The third kappa shape index (κ3) is 4.48. The third-order valence-electron chi connectivity index (χ3n) is 5.80. The van der Waals surface area contributed by atoms with E-state index in [-0.39, 0.29) is 0 Å². The summed E-state index contributed by atoms with van der Waals surface area (Å²) in [5.74, 6) is 1.89. The minimum absolute atomic E-state index is 0.506. The Morgan fingerprint density at radius 3 is 2.16 bits per heavy atom. The van der Waals surface area contributed by atoms with Crippen molar-refractivity contribution in [1.82, 2.24) is 5.32 Å². The van der Waals surface area contributed by atoms with Crippen LogP contribution in [0.3, 0.4) is 0 Å². The summed E-state index contributed by atoms with van der Waals surface area (Å²) in [5.41, 5.74) is 0.506. The Hall–Kier alpha value is -0.0400. The molecule has 0 aromatic heterocycles. The molecule has 2 saturated carbocycles. The fourth-order valence-electron chi connectivity index (χ4n) is 4.30. The van der Waals surface area contributed by atoms with Crippen LogP contribution < -0.4 is 5.32 Å². The van der Waals surface area contributed by atoms with Crippen LogP contribution >= 0.6 is 0 Å². The highest BCUT2D eigenvalue weighted by atomic mass is 15.0. The van der Waals surface area contributed by atoms with E-state index >= 15 is 0 Å². The van der Waals surface area contributed by atoms with Crippen molar-refractivity contribution in [3.8, 4) is 0 Å². The number of hydrogen-bond donors (Lipinski definition) is 1. The topological polar surface area (TPSA) is 12.0 Å². The predicted molar refractivity (Wildman–Crippen MR) is 84.4 cm³/mol. The third-order valence-corrected chi connectivity index (χ3v) is 5.80. The Labute approximate surface area is 120 Å². The van der Waals surface area contributed by atoms with Gasteiger partial charge in [0.1, 0.15) is 0 Å². The molecular formula is C18H35N. The van der Waals surface area contributed by atoms with Gasteiger partial charge in [0.15, 0.2) is 0 Å². The minimum Gasteiger partial charge on any atom is -0.311 e. The van der Waals surface area contributed by atoms with Gasteiger partial charge in [0.2, 0.25) is 0 Å². The van der Waals surface area contributed by atoms with E-state index in [1.165, 1.54) is 57.8 Å². The van der Waals surface area contributed by atoms with Crippen LogP contribution in [0.15, 0.2) is 0 Å². The van der Waals surface area contributed by atoms with Crippen molar-refractivity contribution < 1.29 is 0 Å². The first-order chi connectivity index (χ1) is 8.97. The van der Waals surface area contributed by atoms with Gasteiger partial charge in [0, 0.05) is 12.1 Å². The second-order valence-corrected chi connectivity index (χ2v) is 8.27. The second kappa shape index (κ2) is 6.61. The first-order valence-corrected chi connectivity index (χ1v) is 8.73. The van der Waals surface area contributed by atoms with Crippen LogP contribution in [0.25, 0.3) is 0 Å². The summed E-state index contributed by atoms with van der Waals surface area (Å²) in [7, 11) is 0. The van der Waals surface area contributed by atoms with E-state index in [0.717, 1.165) is 23.9 Å². The van der Waals surface area contributed by atoms with Crippen LogP contribution in [0.1, 0.15) is 85.5 Å². The highest BCUT2D eigenvalue weighted by Gasteiger charge is 2.29. The van der Waals surface area contributed by atoms with E-state index < -0.39 is 0 Å². The summed E-state index contributed by atoms with van der Waals surface area (Å²) in [4.78, 5) is 0. The van der Waals surface area contributed by atoms with Gasteiger partial charge in [-0.2, -0.15) is 0 Å². The molecular weight excluding hydrogens is 230 g/mol. The molecule has 0 heterocycles. The smallest absolute Gasteiger partial charge is 0.00697 e. The van der Waals surface area contributed by atoms with Crippen molar-refractivity contribution in [1.29, 1.82) is 0 Å². The molecule has 0 spiro atoms. The molecule has 1 heteroatoms. The van der Waals surface area contributed by atoms with Gasteiger partial charge < -0.3 is 5.32 Å². The molecule has 0 radical (unpaired) electrons. The van der Waals surface area contributed by atoms with Gasteiger partial charge in [-0.1, -0.05) is 40.0 Å². The Morgan fingerprint density at radius 2 is 1.53 bits per heavy atom. The molecule has 2 fully saturated rings. The molecule has 3 unspecified atom stereocenters. The van der Waals surface area contributed by atoms with Crippen molar-refractivity contribution in [3.05, 3.63) is 0 Å². The first kappa shape index (κ1) is 15.4. The zero-order valence-corrected chi connectivity index (χ0v) is 13.7. The normalized spacial score (nSPS) is 32.2. The quantitative estimate of drug-likeness (QED) is 0.696. The van der Waals surface area contributed by atoms with Crippen LogP contribution in [-0.2, 0) is 0 Å². The maximum Gasteiger partial charge on any atom is 0.00697 e. The lowest BCUT2D eigenvalue weighted by Crippen LogP contribution is -2.40. The molecule has 0 bridgehead atoms. The molecule has 19 heavy (non-hydrogen) atoms. The maximum absolute atomic E-state index is 3.97. The van der Waals surface area contributed by atoms with Gasteiger partial charge in [0.05, 0.1) is 0 Å². The summed E-state index contributed by atoms with van der Waals surface area (Å²) in [6.45, 7) is 9.70. The largest absolute Gasteiger partial charge is 0.311 e. The summed E-state index contributed by atoms with van der Waals surface area (Å²) in [6.07, 6.45) is 13.0. The molecule has 2 aliphatic rings. The van der Waals surface area contributed by atoms with Crippen molar-refractivity contribution in [2.24, 2.45) is 17.3 Å². The van der Waals surface area contributed by atoms with E-state index in [2.05, 4.69) is 33.0 Å². The minimum atomic E-state index is 0.506. The fraction of sp³-hybridized carbons (Fsp3) is 1.00. The highest BCUT2D eigenvalue weighted by Crippen LogP contribution is 2.37. The first-order valence-electron chi connectivity index (χ1n) is 8.73. The molecule has 0 amide bonds. The van der Waals surface area contributed by atoms with Crippen LogP contribution in [0.2, 0.25) is 0 Å². The SMILES string of the molecule is CC(NC1CCCC(C(C)(C)C)CC1)C1CCCC1. The molecule has 112 valence electrons. The number of nitrogens with one attached hydrogen (secondary N) is 1. The molecule has 0 saturated heterocycles. The Kier molecular flexibility index (Phi) is 5.34. The lowest BCUT2D eigenvalue weighted by Gasteiger charge is -2.30. The fourth-order valence-corrected chi connectivity index (χ4v) is 4.30. The Morgan fingerprint density at radius 1 is 0.842 bits per heavy atom. The Bertz CT molecular complexity index is 259. The van der Waals surface area contributed by atoms with Crippen LogP contribution in [-0.4, -0.2) is 12.1 Å². The monoisotopic (exact) mass is 265 g/mol. The molecule has 0 aromatic carbocycles.